The summed E-state index contributed by atoms with van der Waals surface area (Å²) >= 11 is 0. The second-order valence-electron chi connectivity index (χ2n) is 8.05. The highest BCUT2D eigenvalue weighted by atomic mass is 16.5. The smallest absolute Gasteiger partial charge is 0.314 e. The van der Waals surface area contributed by atoms with Gasteiger partial charge >= 0.3 is 5.97 Å². The average Bonchev–Trinajstić information content (AvgIpc) is 3.21. The van der Waals surface area contributed by atoms with Gasteiger partial charge < -0.3 is 14.5 Å². The molecule has 0 radical (unpaired) electrons. The Balaban J connectivity index is 1.43. The van der Waals surface area contributed by atoms with Crippen LogP contribution in [0.2, 0.25) is 0 Å². The molecule has 4 heteroatoms. The molecule has 1 unspecified atom stereocenters. The van der Waals surface area contributed by atoms with Crippen molar-refractivity contribution in [1.29, 1.82) is 0 Å². The molecule has 4 rings (SSSR count). The number of piperidine rings is 1. The van der Waals surface area contributed by atoms with E-state index < -0.39 is 0 Å². The number of benzene rings is 1. The minimum absolute atomic E-state index is 0.0373. The zero-order valence-electron chi connectivity index (χ0n) is 14.7. The summed E-state index contributed by atoms with van der Waals surface area (Å²) in [5.74, 6) is 0.179. The number of fused-ring (bicyclic) bond motifs is 2. The summed E-state index contributed by atoms with van der Waals surface area (Å²) in [5, 5.41) is 0. The molecule has 3 saturated heterocycles. The summed E-state index contributed by atoms with van der Waals surface area (Å²) in [4.78, 5) is 15.7. The Bertz CT molecular complexity index is 581. The highest BCUT2D eigenvalue weighted by Crippen LogP contribution is 2.34. The van der Waals surface area contributed by atoms with E-state index in [1.54, 1.807) is 16.9 Å². The third kappa shape index (κ3) is 2.76. The molecule has 0 aromatic heterocycles. The van der Waals surface area contributed by atoms with Gasteiger partial charge in [0.1, 0.15) is 24.0 Å². The lowest BCUT2D eigenvalue weighted by atomic mass is 9.81. The number of methoxy groups -OCH3 is 1. The molecule has 2 N–H and O–H groups in total. The van der Waals surface area contributed by atoms with Gasteiger partial charge in [0.25, 0.3) is 0 Å². The zero-order valence-corrected chi connectivity index (χ0v) is 14.7. The van der Waals surface area contributed by atoms with Crippen molar-refractivity contribution in [3.05, 3.63) is 35.9 Å². The molecule has 0 amide bonds. The minimum atomic E-state index is 0.0373. The first kappa shape index (κ1) is 16.1. The fraction of sp³-hybridized carbons (Fsp3) is 0.650. The van der Waals surface area contributed by atoms with Gasteiger partial charge in [0.05, 0.1) is 39.6 Å². The Morgan fingerprint density at radius 2 is 1.96 bits per heavy atom. The maximum Gasteiger partial charge on any atom is 0.314 e. The van der Waals surface area contributed by atoms with Crippen molar-refractivity contribution < 1.29 is 19.3 Å². The molecule has 3 atom stereocenters. The number of ether oxygens (including phenoxy) is 1. The SMILES string of the molecule is COC(=O)[C@H]1CC2(CC[NH+](Cc3ccccc3)CC2)[NH+]2CCC[C@@H]12. The summed E-state index contributed by atoms with van der Waals surface area (Å²) in [7, 11) is 1.55. The van der Waals surface area contributed by atoms with Gasteiger partial charge in [0, 0.05) is 24.8 Å². The predicted octanol–water partition coefficient (Wildman–Crippen LogP) is -0.156. The first-order chi connectivity index (χ1) is 11.7. The Labute approximate surface area is 144 Å². The highest BCUT2D eigenvalue weighted by molar-refractivity contribution is 5.73. The first-order valence-electron chi connectivity index (χ1n) is 9.53. The molecule has 0 saturated carbocycles. The van der Waals surface area contributed by atoms with Gasteiger partial charge in [-0.2, -0.15) is 0 Å². The number of esters is 1. The van der Waals surface area contributed by atoms with Crippen LogP contribution in [0.15, 0.2) is 30.3 Å². The van der Waals surface area contributed by atoms with E-state index in [1.165, 1.54) is 50.9 Å². The molecular weight excluding hydrogens is 300 g/mol. The maximum atomic E-state index is 12.2. The van der Waals surface area contributed by atoms with Gasteiger partial charge in [-0.1, -0.05) is 30.3 Å². The van der Waals surface area contributed by atoms with Crippen molar-refractivity contribution in [2.75, 3.05) is 26.7 Å². The van der Waals surface area contributed by atoms with E-state index in [-0.39, 0.29) is 11.9 Å². The summed E-state index contributed by atoms with van der Waals surface area (Å²) in [5.41, 5.74) is 1.79. The van der Waals surface area contributed by atoms with Crippen LogP contribution in [0.25, 0.3) is 0 Å². The lowest BCUT2D eigenvalue weighted by molar-refractivity contribution is -0.981. The van der Waals surface area contributed by atoms with Gasteiger partial charge in [0.2, 0.25) is 0 Å². The number of hydrogen-bond donors (Lipinski definition) is 2. The standard InChI is InChI=1S/C20H28N2O2/c1-24-19(23)17-14-20(22-11-5-8-18(17)22)9-12-21(13-10-20)15-16-6-3-2-4-7-16/h2-4,6-7,17-18H,5,8-15H2,1H3/p+2/t17-,18-/m0/s1. The van der Waals surface area contributed by atoms with Gasteiger partial charge in [-0.15, -0.1) is 0 Å². The summed E-state index contributed by atoms with van der Waals surface area (Å²) < 4.78 is 5.12. The topological polar surface area (TPSA) is 35.2 Å². The quantitative estimate of drug-likeness (QED) is 0.756. The van der Waals surface area contributed by atoms with Gasteiger partial charge in [0.15, 0.2) is 0 Å². The number of likely N-dealkylation sites (tertiary alicyclic amines) is 1. The molecule has 3 aliphatic heterocycles. The second-order valence-corrected chi connectivity index (χ2v) is 8.05. The van der Waals surface area contributed by atoms with Crippen LogP contribution in [0.3, 0.4) is 0 Å². The van der Waals surface area contributed by atoms with Gasteiger partial charge in [-0.05, 0) is 0 Å². The minimum Gasteiger partial charge on any atom is -0.469 e. The molecule has 0 aliphatic carbocycles. The normalized spacial score (nSPS) is 38.2. The lowest BCUT2D eigenvalue weighted by Gasteiger charge is -2.40. The molecule has 3 aliphatic rings. The summed E-state index contributed by atoms with van der Waals surface area (Å²) in [6, 6.07) is 11.4. The van der Waals surface area contributed by atoms with Gasteiger partial charge in [-0.25, -0.2) is 0 Å². The van der Waals surface area contributed by atoms with Crippen LogP contribution in [0.5, 0.6) is 0 Å². The third-order valence-electron chi connectivity index (χ3n) is 6.90. The van der Waals surface area contributed by atoms with Crippen LogP contribution in [0, 0.1) is 5.92 Å². The van der Waals surface area contributed by atoms with Crippen molar-refractivity contribution in [3.8, 4) is 0 Å². The van der Waals surface area contributed by atoms with E-state index in [1.807, 2.05) is 0 Å². The van der Waals surface area contributed by atoms with E-state index in [2.05, 4.69) is 30.3 Å². The van der Waals surface area contributed by atoms with E-state index in [9.17, 15) is 4.79 Å². The van der Waals surface area contributed by atoms with Crippen molar-refractivity contribution in [2.45, 2.75) is 50.2 Å². The molecule has 1 spiro atoms. The van der Waals surface area contributed by atoms with E-state index >= 15 is 0 Å². The predicted molar refractivity (Wildman–Crippen MR) is 91.8 cm³/mol. The molecule has 4 nitrogen and oxygen atoms in total. The lowest BCUT2D eigenvalue weighted by Crippen LogP contribution is -3.23. The van der Waals surface area contributed by atoms with Crippen molar-refractivity contribution in [3.63, 3.8) is 0 Å². The van der Waals surface area contributed by atoms with Gasteiger partial charge in [-0.3, -0.25) is 4.79 Å². The van der Waals surface area contributed by atoms with Crippen LogP contribution in [-0.4, -0.2) is 44.3 Å². The zero-order chi connectivity index (χ0) is 16.6. The van der Waals surface area contributed by atoms with E-state index in [0.29, 0.717) is 11.6 Å². The molecule has 0 bridgehead atoms. The monoisotopic (exact) mass is 330 g/mol. The largest absolute Gasteiger partial charge is 0.469 e. The van der Waals surface area contributed by atoms with E-state index in [0.717, 1.165) is 13.0 Å². The second kappa shape index (κ2) is 6.49. The number of hydrogen-bond acceptors (Lipinski definition) is 2. The average molecular weight is 330 g/mol. The number of carbonyl (C=O) groups is 1. The molecule has 130 valence electrons. The number of quaternary nitrogens is 2. The van der Waals surface area contributed by atoms with Crippen LogP contribution in [0.1, 0.15) is 37.7 Å². The van der Waals surface area contributed by atoms with Crippen molar-refractivity contribution >= 4 is 5.97 Å². The van der Waals surface area contributed by atoms with Crippen molar-refractivity contribution in [2.24, 2.45) is 5.92 Å². The third-order valence-corrected chi connectivity index (χ3v) is 6.90. The molecule has 1 aromatic carbocycles. The number of rotatable bonds is 3. The van der Waals surface area contributed by atoms with Crippen LogP contribution >= 0.6 is 0 Å². The highest BCUT2D eigenvalue weighted by Gasteiger charge is 2.61. The molecule has 3 heterocycles. The summed E-state index contributed by atoms with van der Waals surface area (Å²) in [6.07, 6.45) is 6.05. The fourth-order valence-corrected chi connectivity index (χ4v) is 5.74. The number of nitrogens with one attached hydrogen (secondary N) is 2. The Morgan fingerprint density at radius 3 is 2.67 bits per heavy atom. The fourth-order valence-electron chi connectivity index (χ4n) is 5.74. The van der Waals surface area contributed by atoms with Crippen molar-refractivity contribution in [1.82, 2.24) is 0 Å². The number of carbonyl (C=O) groups excluding carboxylic acids is 1. The maximum absolute atomic E-state index is 12.2. The van der Waals surface area contributed by atoms with Crippen LogP contribution < -0.4 is 9.80 Å². The van der Waals surface area contributed by atoms with E-state index in [4.69, 9.17) is 4.74 Å². The summed E-state index contributed by atoms with van der Waals surface area (Å²) in [6.45, 7) is 4.86. The Hall–Kier alpha value is -1.39. The Kier molecular flexibility index (Phi) is 4.35. The van der Waals surface area contributed by atoms with Crippen LogP contribution in [0.4, 0.5) is 0 Å². The van der Waals surface area contributed by atoms with Crippen LogP contribution in [-0.2, 0) is 16.1 Å². The molecule has 1 aromatic rings. The molecule has 24 heavy (non-hydrogen) atoms. The molecular formula is C20H30N2O2+2. The Morgan fingerprint density at radius 1 is 1.21 bits per heavy atom. The molecule has 3 fully saturated rings. The first-order valence-corrected chi connectivity index (χ1v) is 9.53.